The fourth-order valence-electron chi connectivity index (χ4n) is 3.06. The van der Waals surface area contributed by atoms with Crippen LogP contribution in [0.1, 0.15) is 10.6 Å². The normalized spacial score (nSPS) is 10.6. The third-order valence-electron chi connectivity index (χ3n) is 4.67. The predicted octanol–water partition coefficient (Wildman–Crippen LogP) is 6.09. The van der Waals surface area contributed by atoms with Gasteiger partial charge in [-0.15, -0.1) is 11.3 Å². The minimum Gasteiger partial charge on any atom is -0.497 e. The van der Waals surface area contributed by atoms with Gasteiger partial charge in [-0.05, 0) is 41.0 Å². The van der Waals surface area contributed by atoms with Crippen LogP contribution in [0.2, 0.25) is 0 Å². The van der Waals surface area contributed by atoms with Crippen molar-refractivity contribution in [3.63, 3.8) is 0 Å². The van der Waals surface area contributed by atoms with Crippen molar-refractivity contribution in [3.05, 3.63) is 88.7 Å². The van der Waals surface area contributed by atoms with Crippen molar-refractivity contribution in [3.8, 4) is 33.9 Å². The average Bonchev–Trinajstić information content (AvgIpc) is 3.23. The smallest absolute Gasteiger partial charge is 0.118 e. The van der Waals surface area contributed by atoms with Crippen molar-refractivity contribution in [2.45, 2.75) is 6.42 Å². The molecule has 0 atom stereocenters. The first kappa shape index (κ1) is 18.3. The summed E-state index contributed by atoms with van der Waals surface area (Å²) in [5, 5.41) is 3.24. The second-order valence-electron chi connectivity index (χ2n) is 6.46. The Labute approximate surface area is 169 Å². The Morgan fingerprint density at radius 3 is 1.75 bits per heavy atom. The van der Waals surface area contributed by atoms with Crippen LogP contribution in [0.3, 0.4) is 0 Å². The molecule has 0 aliphatic rings. The monoisotopic (exact) mass is 387 g/mol. The van der Waals surface area contributed by atoms with Crippen LogP contribution in [0.4, 0.5) is 0 Å². The molecular weight excluding hydrogens is 366 g/mol. The molecule has 0 amide bonds. The molecule has 28 heavy (non-hydrogen) atoms. The van der Waals surface area contributed by atoms with Gasteiger partial charge in [-0.2, -0.15) is 0 Å². The number of ether oxygens (including phenoxy) is 2. The van der Waals surface area contributed by atoms with E-state index < -0.39 is 0 Å². The van der Waals surface area contributed by atoms with Gasteiger partial charge in [0, 0.05) is 17.4 Å². The predicted molar refractivity (Wildman–Crippen MR) is 115 cm³/mol. The molecule has 4 rings (SSSR count). The number of methoxy groups -OCH3 is 2. The molecule has 1 heterocycles. The molecule has 0 radical (unpaired) electrons. The molecule has 4 aromatic rings. The Balaban J connectivity index is 1.48. The highest BCUT2D eigenvalue weighted by molar-refractivity contribution is 7.10. The van der Waals surface area contributed by atoms with E-state index in [1.807, 2.05) is 24.3 Å². The van der Waals surface area contributed by atoms with Crippen molar-refractivity contribution in [2.75, 3.05) is 14.2 Å². The number of benzene rings is 3. The zero-order valence-electron chi connectivity index (χ0n) is 15.9. The first-order chi connectivity index (χ1) is 13.7. The average molecular weight is 388 g/mol. The summed E-state index contributed by atoms with van der Waals surface area (Å²) in [7, 11) is 3.36. The molecule has 0 aliphatic carbocycles. The highest BCUT2D eigenvalue weighted by atomic mass is 32.1. The molecule has 140 valence electrons. The van der Waals surface area contributed by atoms with E-state index in [9.17, 15) is 0 Å². The molecule has 0 aliphatic heterocycles. The highest BCUT2D eigenvalue weighted by Crippen LogP contribution is 2.28. The van der Waals surface area contributed by atoms with Gasteiger partial charge in [-0.3, -0.25) is 0 Å². The Morgan fingerprint density at radius 2 is 1.18 bits per heavy atom. The van der Waals surface area contributed by atoms with Gasteiger partial charge < -0.3 is 9.47 Å². The first-order valence-electron chi connectivity index (χ1n) is 9.07. The molecule has 0 N–H and O–H groups in total. The Hall–Kier alpha value is -3.11. The van der Waals surface area contributed by atoms with Crippen LogP contribution in [0.25, 0.3) is 22.4 Å². The summed E-state index contributed by atoms with van der Waals surface area (Å²) in [6.45, 7) is 0. The summed E-state index contributed by atoms with van der Waals surface area (Å²) in [5.74, 6) is 1.74. The van der Waals surface area contributed by atoms with Gasteiger partial charge in [0.25, 0.3) is 0 Å². The molecule has 0 saturated carbocycles. The van der Waals surface area contributed by atoms with Crippen LogP contribution >= 0.6 is 11.3 Å². The Kier molecular flexibility index (Phi) is 5.40. The van der Waals surface area contributed by atoms with Crippen LogP contribution in [0.15, 0.2) is 78.2 Å². The van der Waals surface area contributed by atoms with Gasteiger partial charge >= 0.3 is 0 Å². The molecule has 3 aromatic carbocycles. The lowest BCUT2D eigenvalue weighted by Crippen LogP contribution is -1.89. The lowest BCUT2D eigenvalue weighted by Gasteiger charge is -2.05. The van der Waals surface area contributed by atoms with Crippen LogP contribution in [-0.4, -0.2) is 19.2 Å². The molecule has 1 aromatic heterocycles. The minimum atomic E-state index is 0.832. The van der Waals surface area contributed by atoms with Crippen molar-refractivity contribution in [2.24, 2.45) is 0 Å². The summed E-state index contributed by atoms with van der Waals surface area (Å²) >= 11 is 1.70. The maximum Gasteiger partial charge on any atom is 0.118 e. The lowest BCUT2D eigenvalue weighted by atomic mass is 10.0. The summed E-state index contributed by atoms with van der Waals surface area (Å²) in [6, 6.07) is 24.8. The van der Waals surface area contributed by atoms with Gasteiger partial charge in [0.05, 0.1) is 24.9 Å². The van der Waals surface area contributed by atoms with Gasteiger partial charge in [-0.1, -0.05) is 48.5 Å². The van der Waals surface area contributed by atoms with Crippen molar-refractivity contribution >= 4 is 11.3 Å². The zero-order valence-corrected chi connectivity index (χ0v) is 16.7. The van der Waals surface area contributed by atoms with Crippen LogP contribution in [0, 0.1) is 0 Å². The molecule has 0 saturated heterocycles. The second kappa shape index (κ2) is 8.28. The number of hydrogen-bond donors (Lipinski definition) is 0. The number of thiazole rings is 1. The second-order valence-corrected chi connectivity index (χ2v) is 7.40. The Morgan fingerprint density at radius 1 is 0.679 bits per heavy atom. The molecule has 0 unspecified atom stereocenters. The number of rotatable bonds is 6. The van der Waals surface area contributed by atoms with E-state index >= 15 is 0 Å². The van der Waals surface area contributed by atoms with E-state index in [1.165, 1.54) is 16.7 Å². The quantitative estimate of drug-likeness (QED) is 0.401. The first-order valence-corrected chi connectivity index (χ1v) is 9.95. The summed E-state index contributed by atoms with van der Waals surface area (Å²) in [4.78, 5) is 4.81. The van der Waals surface area contributed by atoms with Crippen molar-refractivity contribution in [1.82, 2.24) is 4.98 Å². The highest BCUT2D eigenvalue weighted by Gasteiger charge is 2.07. The fraction of sp³-hybridized carbons (Fsp3) is 0.125. The van der Waals surface area contributed by atoms with Gasteiger partial charge in [-0.25, -0.2) is 4.98 Å². The maximum atomic E-state index is 5.23. The van der Waals surface area contributed by atoms with Crippen molar-refractivity contribution < 1.29 is 9.47 Å². The Bertz CT molecular complexity index is 1040. The van der Waals surface area contributed by atoms with E-state index in [0.29, 0.717) is 0 Å². The standard InChI is InChI=1S/C24H21NO2S/c1-26-21-11-3-17(4-12-21)15-24-25-23(16-28-24)20-7-5-18(6-8-20)19-9-13-22(27-2)14-10-19/h3-14,16H,15H2,1-2H3. The molecule has 0 bridgehead atoms. The molecular formula is C24H21NO2S. The topological polar surface area (TPSA) is 31.4 Å². The third-order valence-corrected chi connectivity index (χ3v) is 5.52. The summed E-state index contributed by atoms with van der Waals surface area (Å²) < 4.78 is 10.4. The van der Waals surface area contributed by atoms with Crippen LogP contribution < -0.4 is 9.47 Å². The van der Waals surface area contributed by atoms with E-state index in [-0.39, 0.29) is 0 Å². The van der Waals surface area contributed by atoms with Crippen LogP contribution in [-0.2, 0) is 6.42 Å². The number of hydrogen-bond acceptors (Lipinski definition) is 4. The summed E-state index contributed by atoms with van der Waals surface area (Å²) in [6.07, 6.45) is 0.832. The van der Waals surface area contributed by atoms with Gasteiger partial charge in [0.1, 0.15) is 11.5 Å². The van der Waals surface area contributed by atoms with E-state index in [0.717, 1.165) is 34.2 Å². The largest absolute Gasteiger partial charge is 0.497 e. The van der Waals surface area contributed by atoms with Crippen LogP contribution in [0.5, 0.6) is 11.5 Å². The molecule has 0 fully saturated rings. The summed E-state index contributed by atoms with van der Waals surface area (Å²) in [5.41, 5.74) is 5.74. The lowest BCUT2D eigenvalue weighted by molar-refractivity contribution is 0.414. The zero-order chi connectivity index (χ0) is 19.3. The maximum absolute atomic E-state index is 5.23. The van der Waals surface area contributed by atoms with E-state index in [1.54, 1.807) is 25.6 Å². The number of nitrogens with zero attached hydrogens (tertiary/aromatic N) is 1. The third kappa shape index (κ3) is 4.07. The molecule has 3 nitrogen and oxygen atoms in total. The van der Waals surface area contributed by atoms with Gasteiger partial charge in [0.2, 0.25) is 0 Å². The molecule has 4 heteroatoms. The minimum absolute atomic E-state index is 0.832. The SMILES string of the molecule is COc1ccc(Cc2nc(-c3ccc(-c4ccc(OC)cc4)cc3)cs2)cc1. The van der Waals surface area contributed by atoms with E-state index in [2.05, 4.69) is 53.9 Å². The van der Waals surface area contributed by atoms with Crippen molar-refractivity contribution in [1.29, 1.82) is 0 Å². The van der Waals surface area contributed by atoms with E-state index in [4.69, 9.17) is 14.5 Å². The number of aromatic nitrogens is 1. The fourth-order valence-corrected chi connectivity index (χ4v) is 3.90. The molecule has 0 spiro atoms. The van der Waals surface area contributed by atoms with Gasteiger partial charge in [0.15, 0.2) is 0 Å².